The number of nitro benzene ring substituents is 4. The van der Waals surface area contributed by atoms with E-state index >= 15 is 0 Å². The Morgan fingerprint density at radius 1 is 0.283 bits per heavy atom. The van der Waals surface area contributed by atoms with Crippen molar-refractivity contribution in [2.45, 2.75) is 0 Å². The van der Waals surface area contributed by atoms with Crippen LogP contribution in [-0.2, 0) is 0 Å². The second-order valence-electron chi connectivity index (χ2n) is 13.7. The van der Waals surface area contributed by atoms with Gasteiger partial charge in [0.05, 0.1) is 41.9 Å². The number of nitro groups is 4. The van der Waals surface area contributed by atoms with Crippen LogP contribution in [-0.4, -0.2) is 39.6 Å². The number of rotatable bonds is 8. The fourth-order valence-electron chi connectivity index (χ4n) is 7.87. The molecule has 8 aromatic rings. The van der Waals surface area contributed by atoms with Crippen molar-refractivity contribution in [3.05, 3.63) is 252 Å². The van der Waals surface area contributed by atoms with Crippen LogP contribution in [0.25, 0.3) is 22.3 Å². The third kappa shape index (κ3) is 6.22. The molecule has 0 fully saturated rings. The van der Waals surface area contributed by atoms with Crippen LogP contribution in [0.2, 0.25) is 0 Å². The average molecular weight is 797 g/mol. The molecule has 8 bridgehead atoms. The Bertz CT molecular complexity index is 2930. The van der Waals surface area contributed by atoms with Crippen molar-refractivity contribution in [2.24, 2.45) is 0 Å². The fraction of sp³-hybridized carbons (Fsp3) is 0. The fourth-order valence-corrected chi connectivity index (χ4v) is 7.87. The number of para-hydroxylation sites is 4. The van der Waals surface area contributed by atoms with Crippen molar-refractivity contribution in [3.8, 4) is 0 Å². The molecule has 0 spiro atoms. The summed E-state index contributed by atoms with van der Waals surface area (Å²) >= 11 is 0. The van der Waals surface area contributed by atoms with E-state index < -0.39 is 19.7 Å². The number of nitrogens with one attached hydrogen (secondary N) is 4. The van der Waals surface area contributed by atoms with Crippen molar-refractivity contribution < 1.29 is 19.7 Å². The first-order valence-electron chi connectivity index (χ1n) is 18.3. The van der Waals surface area contributed by atoms with Crippen LogP contribution in [0, 0.1) is 40.5 Å². The summed E-state index contributed by atoms with van der Waals surface area (Å²) in [4.78, 5) is 61.7. The van der Waals surface area contributed by atoms with Gasteiger partial charge in [0.25, 0.3) is 22.7 Å². The highest BCUT2D eigenvalue weighted by Gasteiger charge is 2.27. The van der Waals surface area contributed by atoms with Crippen molar-refractivity contribution in [2.75, 3.05) is 0 Å². The van der Waals surface area contributed by atoms with Crippen molar-refractivity contribution in [1.82, 2.24) is 19.9 Å². The van der Waals surface area contributed by atoms with Gasteiger partial charge in [-0.05, 0) is 72.8 Å². The Morgan fingerprint density at radius 2 is 0.500 bits per heavy atom. The van der Waals surface area contributed by atoms with Crippen molar-refractivity contribution in [3.63, 3.8) is 0 Å². The zero-order chi connectivity index (χ0) is 41.7. The van der Waals surface area contributed by atoms with E-state index in [9.17, 15) is 40.5 Å². The maximum atomic E-state index is 12.5. The van der Waals surface area contributed by atoms with Gasteiger partial charge in [0.15, 0.2) is 0 Å². The highest BCUT2D eigenvalue weighted by atomic mass is 16.6. The number of hydrogen-bond donors (Lipinski definition) is 4. The quantitative estimate of drug-likeness (QED) is 0.106. The van der Waals surface area contributed by atoms with Gasteiger partial charge in [0.1, 0.15) is 0 Å². The molecule has 0 atom stereocenters. The molecule has 4 N–H and O–H groups in total. The van der Waals surface area contributed by atoms with Crippen LogP contribution < -0.4 is 21.4 Å². The van der Waals surface area contributed by atoms with E-state index in [0.717, 1.165) is 0 Å². The first-order valence-corrected chi connectivity index (χ1v) is 18.3. The SMILES string of the molecule is O=[N+]([O-])c1ccccc1C1=c2ccc([nH]2)=C(c2ccccc2[N+](=O)[O-])c2ccc([nH]2)C(c2ccccc2[N+](=O)[O-])=c2ccc([nH]2)=C(c2ccccc2[N+](=O)[O-])c2ccc1[nH]2. The molecular weight excluding hydrogens is 769 g/mol. The lowest BCUT2D eigenvalue weighted by Gasteiger charge is -2.10. The molecule has 1 aliphatic heterocycles. The van der Waals surface area contributed by atoms with Crippen LogP contribution in [0.5, 0.6) is 0 Å². The minimum absolute atomic E-state index is 0.193. The predicted molar refractivity (Wildman–Crippen MR) is 221 cm³/mol. The zero-order valence-electron chi connectivity index (χ0n) is 30.9. The van der Waals surface area contributed by atoms with Gasteiger partial charge in [-0.1, -0.05) is 48.5 Å². The Morgan fingerprint density at radius 3 is 0.717 bits per heavy atom. The summed E-state index contributed by atoms with van der Waals surface area (Å²) in [5, 5.41) is 51.7. The molecule has 0 amide bonds. The van der Waals surface area contributed by atoms with Gasteiger partial charge < -0.3 is 19.9 Å². The van der Waals surface area contributed by atoms with E-state index in [-0.39, 0.29) is 45.0 Å². The molecule has 0 saturated heterocycles. The van der Waals surface area contributed by atoms with Crippen LogP contribution in [0.3, 0.4) is 0 Å². The molecule has 0 radical (unpaired) electrons. The summed E-state index contributed by atoms with van der Waals surface area (Å²) in [6, 6.07) is 38.6. The molecule has 4 aromatic carbocycles. The summed E-state index contributed by atoms with van der Waals surface area (Å²) in [6.07, 6.45) is 0. The van der Waals surface area contributed by atoms with Gasteiger partial charge in [-0.15, -0.1) is 0 Å². The topological polar surface area (TPSA) is 236 Å². The van der Waals surface area contributed by atoms with Crippen LogP contribution in [0.15, 0.2) is 146 Å². The minimum atomic E-state index is -0.489. The maximum absolute atomic E-state index is 12.5. The molecule has 0 saturated carbocycles. The van der Waals surface area contributed by atoms with Crippen LogP contribution >= 0.6 is 0 Å². The second kappa shape index (κ2) is 14.5. The normalized spacial score (nSPS) is 12.4. The smallest absolute Gasteiger partial charge is 0.277 e. The van der Waals surface area contributed by atoms with Crippen molar-refractivity contribution >= 4 is 45.0 Å². The van der Waals surface area contributed by atoms with Gasteiger partial charge in [-0.25, -0.2) is 0 Å². The van der Waals surface area contributed by atoms with Gasteiger partial charge >= 0.3 is 0 Å². The molecule has 5 heterocycles. The lowest BCUT2D eigenvalue weighted by Crippen LogP contribution is -2.19. The number of aromatic nitrogens is 4. The third-order valence-corrected chi connectivity index (χ3v) is 10.4. The lowest BCUT2D eigenvalue weighted by atomic mass is 10.0. The molecule has 9 rings (SSSR count). The summed E-state index contributed by atoms with van der Waals surface area (Å²) in [6.45, 7) is 0. The third-order valence-electron chi connectivity index (χ3n) is 10.4. The minimum Gasteiger partial charge on any atom is -0.354 e. The zero-order valence-corrected chi connectivity index (χ0v) is 30.9. The molecule has 4 aromatic heterocycles. The van der Waals surface area contributed by atoms with Gasteiger partial charge in [-0.2, -0.15) is 0 Å². The largest absolute Gasteiger partial charge is 0.354 e. The Balaban J connectivity index is 1.49. The van der Waals surface area contributed by atoms with Gasteiger partial charge in [0.2, 0.25) is 0 Å². The van der Waals surface area contributed by atoms with E-state index in [1.807, 2.05) is 0 Å². The Kier molecular flexibility index (Phi) is 8.90. The van der Waals surface area contributed by atoms with Gasteiger partial charge in [0, 0.05) is 90.7 Å². The number of fused-ring (bicyclic) bond motifs is 8. The molecule has 16 heteroatoms. The average Bonchev–Trinajstić information content (AvgIpc) is 4.09. The second-order valence-corrected chi connectivity index (χ2v) is 13.7. The number of aromatic amines is 4. The Hall–Kier alpha value is -8.92. The molecule has 0 unspecified atom stereocenters. The molecule has 0 aliphatic carbocycles. The number of hydrogen-bond acceptors (Lipinski definition) is 8. The number of nitrogens with zero attached hydrogens (tertiary/aromatic N) is 4. The predicted octanol–water partition coefficient (Wildman–Crippen LogP) is 5.93. The van der Waals surface area contributed by atoms with E-state index in [4.69, 9.17) is 0 Å². The summed E-state index contributed by atoms with van der Waals surface area (Å²) in [7, 11) is 0. The molecular formula is C44H28N8O8. The molecule has 292 valence electrons. The van der Waals surface area contributed by atoms with E-state index in [2.05, 4.69) is 19.9 Å². The van der Waals surface area contributed by atoms with Crippen molar-refractivity contribution in [1.29, 1.82) is 0 Å². The van der Waals surface area contributed by atoms with E-state index in [1.54, 1.807) is 121 Å². The Labute approximate surface area is 336 Å². The summed E-state index contributed by atoms with van der Waals surface area (Å²) < 4.78 is 0. The highest BCUT2D eigenvalue weighted by molar-refractivity contribution is 5.89. The van der Waals surface area contributed by atoms with E-state index in [1.165, 1.54) is 24.3 Å². The standard InChI is InChI=1S/C44H28N8O8/c53-49(54)37-13-5-1-9-25(37)41-29-17-19-31(45-29)42(26-10-2-6-14-38(26)50(55)56)33-21-23-35(47-33)44(28-12-4-8-16-40(28)52(59)60)36-24-22-34(48-36)43(32-20-18-30(41)46-32)27-11-3-7-15-39(27)51(57)58/h1-24,45-48H. The monoisotopic (exact) mass is 796 g/mol. The van der Waals surface area contributed by atoms with Crippen LogP contribution in [0.1, 0.15) is 45.0 Å². The highest BCUT2D eigenvalue weighted by Crippen LogP contribution is 2.35. The number of benzene rings is 4. The lowest BCUT2D eigenvalue weighted by molar-refractivity contribution is -0.385. The van der Waals surface area contributed by atoms with Gasteiger partial charge in [-0.3, -0.25) is 40.5 Å². The van der Waals surface area contributed by atoms with E-state index in [0.29, 0.717) is 66.5 Å². The maximum Gasteiger partial charge on any atom is 0.277 e. The summed E-state index contributed by atoms with van der Waals surface area (Å²) in [5.74, 6) is 0. The van der Waals surface area contributed by atoms with Crippen LogP contribution in [0.4, 0.5) is 22.7 Å². The molecule has 1 aliphatic rings. The molecule has 60 heavy (non-hydrogen) atoms. The summed E-state index contributed by atoms with van der Waals surface area (Å²) in [5.41, 5.74) is 3.35. The molecule has 16 nitrogen and oxygen atoms in total. The number of H-pyrrole nitrogens is 4. The first kappa shape index (κ1) is 36.7. The first-order chi connectivity index (χ1) is 29.1.